The molecule has 1 saturated heterocycles. The lowest BCUT2D eigenvalue weighted by atomic mass is 9.89. The topological polar surface area (TPSA) is 75.0 Å². The zero-order valence-corrected chi connectivity index (χ0v) is 21.0. The van der Waals surface area contributed by atoms with Gasteiger partial charge in [-0.3, -0.25) is 4.68 Å². The number of rotatable bonds is 8. The summed E-state index contributed by atoms with van der Waals surface area (Å²) in [5.74, 6) is -1.36. The molecule has 0 amide bonds. The van der Waals surface area contributed by atoms with Crippen LogP contribution in [0.4, 0.5) is 13.2 Å². The van der Waals surface area contributed by atoms with Crippen LogP contribution < -0.4 is 0 Å². The van der Waals surface area contributed by atoms with Crippen LogP contribution in [-0.4, -0.2) is 44.6 Å². The van der Waals surface area contributed by atoms with Gasteiger partial charge >= 0.3 is 0 Å². The molecule has 1 aliphatic carbocycles. The summed E-state index contributed by atoms with van der Waals surface area (Å²) in [6, 6.07) is 5.80. The minimum atomic E-state index is -0.731. The van der Waals surface area contributed by atoms with Crippen molar-refractivity contribution >= 4 is 11.0 Å². The third kappa shape index (κ3) is 5.02. The summed E-state index contributed by atoms with van der Waals surface area (Å²) in [7, 11) is 0. The number of nitrogens with zero attached hydrogens (tertiary/aromatic N) is 5. The quantitative estimate of drug-likeness (QED) is 0.267. The van der Waals surface area contributed by atoms with Crippen LogP contribution in [0.5, 0.6) is 0 Å². The van der Waals surface area contributed by atoms with E-state index in [1.54, 1.807) is 6.92 Å². The Morgan fingerprint density at radius 1 is 1.11 bits per heavy atom. The van der Waals surface area contributed by atoms with Crippen LogP contribution >= 0.6 is 0 Å². The third-order valence-corrected chi connectivity index (χ3v) is 7.21. The van der Waals surface area contributed by atoms with Gasteiger partial charge in [-0.2, -0.15) is 5.10 Å². The Morgan fingerprint density at radius 2 is 1.97 bits per heavy atom. The van der Waals surface area contributed by atoms with Gasteiger partial charge in [0.15, 0.2) is 0 Å². The summed E-state index contributed by atoms with van der Waals surface area (Å²) < 4.78 is 54.7. The molecule has 4 heterocycles. The fourth-order valence-corrected chi connectivity index (χ4v) is 4.99. The van der Waals surface area contributed by atoms with Crippen molar-refractivity contribution in [1.29, 1.82) is 0 Å². The monoisotopic (exact) mass is 523 g/mol. The number of halogens is 3. The summed E-state index contributed by atoms with van der Waals surface area (Å²) in [6.45, 7) is 1.77. The van der Waals surface area contributed by atoms with Gasteiger partial charge in [0.25, 0.3) is 0 Å². The van der Waals surface area contributed by atoms with Crippen molar-refractivity contribution in [2.75, 3.05) is 19.9 Å². The van der Waals surface area contributed by atoms with Crippen LogP contribution in [0, 0.1) is 18.6 Å². The average Bonchev–Trinajstić information content (AvgIpc) is 3.65. The molecule has 0 bridgehead atoms. The Morgan fingerprint density at radius 3 is 2.76 bits per heavy atom. The van der Waals surface area contributed by atoms with E-state index in [9.17, 15) is 13.2 Å². The van der Waals surface area contributed by atoms with Crippen LogP contribution in [0.1, 0.15) is 66.4 Å². The molecule has 10 heteroatoms. The molecule has 3 aromatic heterocycles. The lowest BCUT2D eigenvalue weighted by Gasteiger charge is -2.29. The van der Waals surface area contributed by atoms with E-state index in [0.29, 0.717) is 47.2 Å². The Hall–Kier alpha value is -3.37. The largest absolute Gasteiger partial charge is 0.373 e. The average molecular weight is 524 g/mol. The number of aromatic nitrogens is 5. The Bertz CT molecular complexity index is 1470. The minimum absolute atomic E-state index is 0.0411. The van der Waals surface area contributed by atoms with Gasteiger partial charge in [-0.05, 0) is 50.8 Å². The van der Waals surface area contributed by atoms with Gasteiger partial charge in [0.2, 0.25) is 0 Å². The number of hydrogen-bond acceptors (Lipinski definition) is 6. The SMILES string of the molecule is Cc1nc2cc([C@H]3CCO[C@H](c4cnn(C5CC5)c4)C3)nc(-c3ccc(F)cc3F)c2nc1COCCF. The van der Waals surface area contributed by atoms with E-state index in [1.165, 1.54) is 12.1 Å². The molecule has 2 aliphatic rings. The second-order valence-electron chi connectivity index (χ2n) is 9.95. The second-order valence-corrected chi connectivity index (χ2v) is 9.95. The first-order valence-corrected chi connectivity index (χ1v) is 12.9. The summed E-state index contributed by atoms with van der Waals surface area (Å²) >= 11 is 0. The third-order valence-electron chi connectivity index (χ3n) is 7.21. The molecule has 0 spiro atoms. The van der Waals surface area contributed by atoms with Gasteiger partial charge in [0.1, 0.15) is 29.5 Å². The van der Waals surface area contributed by atoms with Crippen molar-refractivity contribution in [3.05, 3.63) is 70.9 Å². The van der Waals surface area contributed by atoms with Gasteiger partial charge in [0, 0.05) is 41.6 Å². The van der Waals surface area contributed by atoms with E-state index in [1.807, 2.05) is 16.9 Å². The molecule has 0 N–H and O–H groups in total. The minimum Gasteiger partial charge on any atom is -0.373 e. The van der Waals surface area contributed by atoms with E-state index >= 15 is 0 Å². The number of hydrogen-bond donors (Lipinski definition) is 0. The van der Waals surface area contributed by atoms with Gasteiger partial charge in [-0.15, -0.1) is 0 Å². The molecular formula is C28H28F3N5O2. The maximum atomic E-state index is 15.0. The molecule has 6 rings (SSSR count). The van der Waals surface area contributed by atoms with E-state index in [2.05, 4.69) is 11.3 Å². The summed E-state index contributed by atoms with van der Waals surface area (Å²) in [4.78, 5) is 14.3. The Labute approximate surface area is 218 Å². The molecule has 1 aliphatic heterocycles. The number of ether oxygens (including phenoxy) is 2. The number of fused-ring (bicyclic) bond motifs is 1. The first-order valence-electron chi connectivity index (χ1n) is 12.9. The normalized spacial score (nSPS) is 19.8. The first-order chi connectivity index (χ1) is 18.5. The fraction of sp³-hybridized carbons (Fsp3) is 0.429. The number of alkyl halides is 1. The maximum Gasteiger partial charge on any atom is 0.135 e. The maximum absolute atomic E-state index is 15.0. The molecule has 7 nitrogen and oxygen atoms in total. The lowest BCUT2D eigenvalue weighted by molar-refractivity contribution is 0.00462. The highest BCUT2D eigenvalue weighted by Crippen LogP contribution is 2.40. The molecule has 1 saturated carbocycles. The molecule has 2 fully saturated rings. The van der Waals surface area contributed by atoms with Crippen LogP contribution in [0.25, 0.3) is 22.3 Å². The molecule has 2 atom stereocenters. The first kappa shape index (κ1) is 24.9. The molecule has 198 valence electrons. The predicted molar refractivity (Wildman–Crippen MR) is 134 cm³/mol. The molecule has 4 aromatic rings. The lowest BCUT2D eigenvalue weighted by Crippen LogP contribution is -2.19. The highest BCUT2D eigenvalue weighted by molar-refractivity contribution is 5.89. The number of pyridine rings is 1. The van der Waals surface area contributed by atoms with E-state index in [4.69, 9.17) is 24.4 Å². The van der Waals surface area contributed by atoms with Crippen molar-refractivity contribution in [2.45, 2.75) is 57.3 Å². The second kappa shape index (κ2) is 10.4. The highest BCUT2D eigenvalue weighted by atomic mass is 19.1. The Kier molecular flexibility index (Phi) is 6.84. The summed E-state index contributed by atoms with van der Waals surface area (Å²) in [6.07, 6.45) is 7.58. The standard InChI is InChI=1S/C28H28F3N5O2/c1-16-25(15-37-9-7-29)35-28-24(33-16)12-23(34-27(28)21-5-2-19(30)11-22(21)31)17-6-8-38-26(10-17)18-13-32-36(14-18)20-3-4-20/h2,5,11-14,17,20,26H,3-4,6-10,15H2,1H3/t17-,26-/m0/s1. The zero-order chi connectivity index (χ0) is 26.2. The number of benzene rings is 1. The smallest absolute Gasteiger partial charge is 0.135 e. The van der Waals surface area contributed by atoms with Gasteiger partial charge < -0.3 is 9.47 Å². The fourth-order valence-electron chi connectivity index (χ4n) is 4.99. The van der Waals surface area contributed by atoms with Crippen molar-refractivity contribution in [3.8, 4) is 11.3 Å². The summed E-state index contributed by atoms with van der Waals surface area (Å²) in [5, 5.41) is 4.51. The van der Waals surface area contributed by atoms with Crippen LogP contribution in [0.2, 0.25) is 0 Å². The van der Waals surface area contributed by atoms with Crippen molar-refractivity contribution in [1.82, 2.24) is 24.7 Å². The molecule has 0 radical (unpaired) electrons. The van der Waals surface area contributed by atoms with Gasteiger partial charge in [-0.25, -0.2) is 28.1 Å². The molecule has 38 heavy (non-hydrogen) atoms. The predicted octanol–water partition coefficient (Wildman–Crippen LogP) is 5.93. The van der Waals surface area contributed by atoms with Gasteiger partial charge in [-0.1, -0.05) is 0 Å². The zero-order valence-electron chi connectivity index (χ0n) is 21.0. The van der Waals surface area contributed by atoms with Gasteiger partial charge in [0.05, 0.1) is 48.5 Å². The van der Waals surface area contributed by atoms with Crippen LogP contribution in [0.15, 0.2) is 36.7 Å². The molecule has 0 unspecified atom stereocenters. The van der Waals surface area contributed by atoms with E-state index in [-0.39, 0.29) is 30.8 Å². The molecular weight excluding hydrogens is 495 g/mol. The van der Waals surface area contributed by atoms with E-state index in [0.717, 1.165) is 36.6 Å². The summed E-state index contributed by atoms with van der Waals surface area (Å²) in [5.41, 5.74) is 4.33. The Balaban J connectivity index is 1.39. The van der Waals surface area contributed by atoms with Crippen molar-refractivity contribution < 1.29 is 22.6 Å². The number of aryl methyl sites for hydroxylation is 1. The van der Waals surface area contributed by atoms with Crippen molar-refractivity contribution in [3.63, 3.8) is 0 Å². The van der Waals surface area contributed by atoms with Crippen LogP contribution in [-0.2, 0) is 16.1 Å². The van der Waals surface area contributed by atoms with Crippen molar-refractivity contribution in [2.24, 2.45) is 0 Å². The van der Waals surface area contributed by atoms with E-state index < -0.39 is 18.3 Å². The van der Waals surface area contributed by atoms with Crippen LogP contribution in [0.3, 0.4) is 0 Å². The molecule has 1 aromatic carbocycles. The highest BCUT2D eigenvalue weighted by Gasteiger charge is 2.30.